The molecule has 11 nitrogen and oxygen atoms in total. The summed E-state index contributed by atoms with van der Waals surface area (Å²) < 4.78 is 0.854. The van der Waals surface area contributed by atoms with Crippen molar-refractivity contribution in [2.75, 3.05) is 25.0 Å². The van der Waals surface area contributed by atoms with Crippen LogP contribution in [0.25, 0.3) is 18.2 Å². The number of benzene rings is 3. The van der Waals surface area contributed by atoms with Crippen LogP contribution in [-0.2, 0) is 24.0 Å². The zero-order valence-corrected chi connectivity index (χ0v) is 31.6. The maximum Gasteiger partial charge on any atom is 0.323 e. The SMILES string of the molecule is CN1C(=O)C(=Cc2ccc(N(c3ccc(/C=C4\SC(=S)N(CC(=O)O)C4=O)cc3)c3ccc(/C=C4/SC(=S)N(CC(=O)O)C4=O)cc3)cc2)SC1=S. The Morgan fingerprint density at radius 3 is 1.17 bits per heavy atom. The maximum absolute atomic E-state index is 12.8. The third-order valence-corrected chi connectivity index (χ3v) is 11.9. The molecule has 3 aromatic carbocycles. The molecule has 0 radical (unpaired) electrons. The minimum absolute atomic E-state index is 0.158. The molecule has 17 heteroatoms. The van der Waals surface area contributed by atoms with Crippen LogP contribution in [-0.4, -0.2) is 87.7 Å². The molecule has 0 bridgehead atoms. The molecule has 0 aromatic heterocycles. The summed E-state index contributed by atoms with van der Waals surface area (Å²) in [5.41, 5.74) is 4.57. The monoisotopic (exact) mass is 804 g/mol. The Kier molecular flexibility index (Phi) is 11.1. The normalized spacial score (nSPS) is 18.6. The van der Waals surface area contributed by atoms with Gasteiger partial charge in [0.25, 0.3) is 17.7 Å². The molecule has 6 rings (SSSR count). The Labute approximate surface area is 326 Å². The first-order valence-corrected chi connectivity index (χ1v) is 18.7. The first-order chi connectivity index (χ1) is 24.8. The number of thiocarbonyl (C=S) groups is 3. The molecule has 3 aliphatic heterocycles. The van der Waals surface area contributed by atoms with Crippen molar-refractivity contribution >= 4 is 150 Å². The molecule has 3 aromatic rings. The molecule has 0 unspecified atom stereocenters. The number of aliphatic carboxylic acids is 2. The number of anilines is 3. The number of rotatable bonds is 10. The van der Waals surface area contributed by atoms with Gasteiger partial charge in [0, 0.05) is 24.1 Å². The highest BCUT2D eigenvalue weighted by Gasteiger charge is 2.34. The summed E-state index contributed by atoms with van der Waals surface area (Å²) in [6.07, 6.45) is 5.12. The molecular formula is C35H24N4O7S6. The van der Waals surface area contributed by atoms with Gasteiger partial charge in [0.05, 0.1) is 14.7 Å². The van der Waals surface area contributed by atoms with Gasteiger partial charge in [0.2, 0.25) is 0 Å². The summed E-state index contributed by atoms with van der Waals surface area (Å²) in [5, 5.41) is 18.3. The fourth-order valence-electron chi connectivity index (χ4n) is 5.15. The lowest BCUT2D eigenvalue weighted by atomic mass is 10.1. The van der Waals surface area contributed by atoms with Crippen molar-refractivity contribution in [1.29, 1.82) is 0 Å². The number of thioether (sulfide) groups is 3. The standard InChI is InChI=1S/C35H24N4O7S6/c1-36-30(44)25(50-33(36)47)14-19-2-8-22(9-3-19)39(23-10-4-20(5-11-23)15-26-31(45)37(17-28(40)41)34(48)51-26)24-12-6-21(7-13-24)16-27-32(46)38(18-29(42)43)35(49)52-27/h2-16H,17-18H2,1H3,(H,40,41)(H,42,43)/b25-14?,26-15-,27-16+. The van der Waals surface area contributed by atoms with Crippen LogP contribution in [0.5, 0.6) is 0 Å². The van der Waals surface area contributed by atoms with Crippen LogP contribution in [0.4, 0.5) is 17.1 Å². The van der Waals surface area contributed by atoms with Crippen LogP contribution >= 0.6 is 71.9 Å². The lowest BCUT2D eigenvalue weighted by Gasteiger charge is -2.26. The van der Waals surface area contributed by atoms with E-state index in [0.717, 1.165) is 55.9 Å². The summed E-state index contributed by atoms with van der Waals surface area (Å²) in [4.78, 5) is 67.3. The molecule has 0 aliphatic carbocycles. The summed E-state index contributed by atoms with van der Waals surface area (Å²) in [6, 6.07) is 22.5. The van der Waals surface area contributed by atoms with Gasteiger partial charge in [0.1, 0.15) is 26.1 Å². The molecule has 3 heterocycles. The van der Waals surface area contributed by atoms with E-state index in [-0.39, 0.29) is 14.5 Å². The molecule has 3 fully saturated rings. The number of amides is 3. The van der Waals surface area contributed by atoms with Crippen molar-refractivity contribution < 1.29 is 34.2 Å². The Bertz CT molecular complexity index is 2060. The average molecular weight is 805 g/mol. The van der Waals surface area contributed by atoms with Gasteiger partial charge in [0.15, 0.2) is 0 Å². The van der Waals surface area contributed by atoms with E-state index in [1.54, 1.807) is 25.3 Å². The van der Waals surface area contributed by atoms with E-state index in [1.165, 1.54) is 16.7 Å². The van der Waals surface area contributed by atoms with Gasteiger partial charge in [-0.25, -0.2) is 0 Å². The summed E-state index contributed by atoms with van der Waals surface area (Å²) >= 11 is 19.0. The van der Waals surface area contributed by atoms with E-state index in [4.69, 9.17) is 46.9 Å². The van der Waals surface area contributed by atoms with Gasteiger partial charge in [-0.05, 0) is 71.3 Å². The Morgan fingerprint density at radius 2 is 0.885 bits per heavy atom. The smallest absolute Gasteiger partial charge is 0.323 e. The van der Waals surface area contributed by atoms with Crippen molar-refractivity contribution in [3.05, 3.63) is 104 Å². The fourth-order valence-corrected chi connectivity index (χ4v) is 8.84. The third kappa shape index (κ3) is 8.04. The predicted octanol–water partition coefficient (Wildman–Crippen LogP) is 6.56. The Hall–Kier alpha value is -4.65. The highest BCUT2D eigenvalue weighted by atomic mass is 32.2. The average Bonchev–Trinajstić information content (AvgIpc) is 3.62. The topological polar surface area (TPSA) is 139 Å². The van der Waals surface area contributed by atoms with Gasteiger partial charge in [-0.15, -0.1) is 0 Å². The quantitative estimate of drug-likeness (QED) is 0.169. The molecule has 2 N–H and O–H groups in total. The number of likely N-dealkylation sites (N-methyl/N-ethyl adjacent to an activating group) is 1. The van der Waals surface area contributed by atoms with Crippen molar-refractivity contribution in [2.45, 2.75) is 0 Å². The van der Waals surface area contributed by atoms with E-state index in [1.807, 2.05) is 77.7 Å². The molecule has 262 valence electrons. The second-order valence-corrected chi connectivity index (χ2v) is 16.2. The number of carbonyl (C=O) groups is 5. The van der Waals surface area contributed by atoms with Crippen molar-refractivity contribution in [2.24, 2.45) is 0 Å². The zero-order valence-electron chi connectivity index (χ0n) is 26.7. The van der Waals surface area contributed by atoms with Crippen LogP contribution in [0.2, 0.25) is 0 Å². The Balaban J connectivity index is 1.30. The lowest BCUT2D eigenvalue weighted by molar-refractivity contribution is -0.140. The molecule has 3 aliphatic rings. The lowest BCUT2D eigenvalue weighted by Crippen LogP contribution is -2.33. The number of hydrogen-bond donors (Lipinski definition) is 2. The second kappa shape index (κ2) is 15.5. The van der Waals surface area contributed by atoms with Gasteiger partial charge in [-0.3, -0.25) is 38.7 Å². The van der Waals surface area contributed by atoms with E-state index in [9.17, 15) is 24.0 Å². The predicted molar refractivity (Wildman–Crippen MR) is 217 cm³/mol. The van der Waals surface area contributed by atoms with E-state index >= 15 is 0 Å². The number of carboxylic acids is 2. The fraction of sp³-hybridized carbons (Fsp3) is 0.0857. The number of carbonyl (C=O) groups excluding carboxylic acids is 3. The first-order valence-electron chi connectivity index (χ1n) is 15.1. The number of hydrogen-bond acceptors (Lipinski definition) is 12. The zero-order chi connectivity index (χ0) is 37.3. The molecular weight excluding hydrogens is 781 g/mol. The van der Waals surface area contributed by atoms with Gasteiger partial charge in [-0.2, -0.15) is 0 Å². The highest BCUT2D eigenvalue weighted by molar-refractivity contribution is 8.27. The van der Waals surface area contributed by atoms with Crippen LogP contribution in [0.1, 0.15) is 16.7 Å². The largest absolute Gasteiger partial charge is 0.480 e. The molecule has 3 amide bonds. The van der Waals surface area contributed by atoms with Crippen LogP contribution in [0.3, 0.4) is 0 Å². The van der Waals surface area contributed by atoms with E-state index < -0.39 is 36.8 Å². The molecule has 52 heavy (non-hydrogen) atoms. The summed E-state index contributed by atoms with van der Waals surface area (Å²) in [5.74, 6) is -3.40. The van der Waals surface area contributed by atoms with Crippen LogP contribution < -0.4 is 4.90 Å². The van der Waals surface area contributed by atoms with E-state index in [0.29, 0.717) is 30.2 Å². The van der Waals surface area contributed by atoms with Gasteiger partial charge >= 0.3 is 11.9 Å². The third-order valence-electron chi connectivity index (χ3n) is 7.67. The number of nitrogens with zero attached hydrogens (tertiary/aromatic N) is 4. The Morgan fingerprint density at radius 1 is 0.577 bits per heavy atom. The summed E-state index contributed by atoms with van der Waals surface area (Å²) in [6.45, 7) is -1.01. The molecule has 3 saturated heterocycles. The summed E-state index contributed by atoms with van der Waals surface area (Å²) in [7, 11) is 1.64. The number of carboxylic acid groups (broad SMARTS) is 2. The molecule has 0 atom stereocenters. The van der Waals surface area contributed by atoms with Gasteiger partial charge in [-0.1, -0.05) is 108 Å². The van der Waals surface area contributed by atoms with Crippen molar-refractivity contribution in [1.82, 2.24) is 14.7 Å². The first kappa shape index (κ1) is 37.1. The van der Waals surface area contributed by atoms with Crippen LogP contribution in [0.15, 0.2) is 87.5 Å². The van der Waals surface area contributed by atoms with Gasteiger partial charge < -0.3 is 15.1 Å². The maximum atomic E-state index is 12.8. The van der Waals surface area contributed by atoms with Crippen LogP contribution in [0, 0.1) is 0 Å². The van der Waals surface area contributed by atoms with E-state index in [2.05, 4.69) is 0 Å². The minimum Gasteiger partial charge on any atom is -0.480 e. The molecule has 0 saturated carbocycles. The van der Waals surface area contributed by atoms with Crippen molar-refractivity contribution in [3.63, 3.8) is 0 Å². The minimum atomic E-state index is -1.16. The molecule has 0 spiro atoms. The second-order valence-electron chi connectivity index (χ2n) is 11.2. The highest BCUT2D eigenvalue weighted by Crippen LogP contribution is 2.38. The van der Waals surface area contributed by atoms with Crippen molar-refractivity contribution in [3.8, 4) is 0 Å².